The summed E-state index contributed by atoms with van der Waals surface area (Å²) >= 11 is 5.72. The average molecular weight is 313 g/mol. The molecule has 0 aromatic heterocycles. The van der Waals surface area contributed by atoms with Crippen LogP contribution in [-0.2, 0) is 4.74 Å². The number of nitrogens with one attached hydrogen (secondary N) is 1. The molecule has 7 heteroatoms. The number of carbonyl (C=O) groups is 1. The largest absolute Gasteiger partial charge is 0.444 e. The molecule has 1 aromatic carbocycles. The first-order chi connectivity index (χ1) is 9.69. The van der Waals surface area contributed by atoms with E-state index in [1.807, 2.05) is 0 Å². The summed E-state index contributed by atoms with van der Waals surface area (Å²) in [6.07, 6.45) is 2.60. The number of nitro groups is 1. The van der Waals surface area contributed by atoms with Crippen molar-refractivity contribution in [2.45, 2.75) is 26.4 Å². The molecule has 0 aliphatic rings. The van der Waals surface area contributed by atoms with Crippen molar-refractivity contribution in [2.24, 2.45) is 0 Å². The third-order valence-corrected chi connectivity index (χ3v) is 2.48. The van der Waals surface area contributed by atoms with E-state index in [4.69, 9.17) is 16.3 Å². The summed E-state index contributed by atoms with van der Waals surface area (Å²) in [5.41, 5.74) is -0.241. The van der Waals surface area contributed by atoms with Gasteiger partial charge in [-0.1, -0.05) is 23.8 Å². The molecule has 0 aliphatic heterocycles. The number of benzene rings is 1. The maximum atomic E-state index is 11.4. The van der Waals surface area contributed by atoms with Gasteiger partial charge in [-0.15, -0.1) is 0 Å². The van der Waals surface area contributed by atoms with E-state index in [1.54, 1.807) is 45.1 Å². The van der Waals surface area contributed by atoms with Crippen molar-refractivity contribution >= 4 is 29.5 Å². The van der Waals surface area contributed by atoms with Gasteiger partial charge in [0.05, 0.1) is 10.5 Å². The standard InChI is InChI=1S/C14H17ClN2O4/c1-14(2,3)21-13(18)16-8-4-5-10-6-7-11(15)9-12(10)17(19)20/h4-7,9H,8H2,1-3H3,(H,16,18). The van der Waals surface area contributed by atoms with Gasteiger partial charge in [0.2, 0.25) is 0 Å². The molecule has 1 aromatic rings. The van der Waals surface area contributed by atoms with Gasteiger partial charge in [-0.2, -0.15) is 0 Å². The zero-order valence-electron chi connectivity index (χ0n) is 12.1. The lowest BCUT2D eigenvalue weighted by atomic mass is 10.1. The number of nitro benzene ring substituents is 1. The van der Waals surface area contributed by atoms with Crippen LogP contribution in [0.25, 0.3) is 6.08 Å². The molecule has 0 bridgehead atoms. The lowest BCUT2D eigenvalue weighted by Crippen LogP contribution is -2.32. The van der Waals surface area contributed by atoms with Crippen LogP contribution in [-0.4, -0.2) is 23.2 Å². The van der Waals surface area contributed by atoms with E-state index in [-0.39, 0.29) is 12.2 Å². The van der Waals surface area contributed by atoms with Crippen molar-refractivity contribution in [3.8, 4) is 0 Å². The minimum Gasteiger partial charge on any atom is -0.444 e. The van der Waals surface area contributed by atoms with E-state index in [9.17, 15) is 14.9 Å². The number of amides is 1. The van der Waals surface area contributed by atoms with Crippen molar-refractivity contribution in [2.75, 3.05) is 6.54 Å². The zero-order chi connectivity index (χ0) is 16.0. The van der Waals surface area contributed by atoms with E-state index < -0.39 is 16.6 Å². The molecule has 0 spiro atoms. The van der Waals surface area contributed by atoms with Crippen LogP contribution in [0.1, 0.15) is 26.3 Å². The van der Waals surface area contributed by atoms with Gasteiger partial charge in [-0.3, -0.25) is 10.1 Å². The van der Waals surface area contributed by atoms with Crippen LogP contribution >= 0.6 is 11.6 Å². The van der Waals surface area contributed by atoms with Crippen LogP contribution in [0.5, 0.6) is 0 Å². The molecule has 114 valence electrons. The Morgan fingerprint density at radius 1 is 1.48 bits per heavy atom. The van der Waals surface area contributed by atoms with Gasteiger partial charge in [0.25, 0.3) is 5.69 Å². The number of ether oxygens (including phenoxy) is 1. The molecular formula is C14H17ClN2O4. The van der Waals surface area contributed by atoms with E-state index in [0.29, 0.717) is 10.6 Å². The molecule has 1 rings (SSSR count). The van der Waals surface area contributed by atoms with E-state index in [2.05, 4.69) is 5.32 Å². The summed E-state index contributed by atoms with van der Waals surface area (Å²) in [6.45, 7) is 5.49. The fraction of sp³-hybridized carbons (Fsp3) is 0.357. The topological polar surface area (TPSA) is 81.5 Å². The summed E-state index contributed by atoms with van der Waals surface area (Å²) in [4.78, 5) is 21.8. The Labute approximate surface area is 127 Å². The normalized spacial score (nSPS) is 11.4. The highest BCUT2D eigenvalue weighted by atomic mass is 35.5. The number of halogens is 1. The predicted octanol–water partition coefficient (Wildman–Crippen LogP) is 3.79. The summed E-state index contributed by atoms with van der Waals surface area (Å²) in [5.74, 6) is 0. The Morgan fingerprint density at radius 2 is 2.14 bits per heavy atom. The smallest absolute Gasteiger partial charge is 0.407 e. The molecule has 0 saturated heterocycles. The Hall–Kier alpha value is -2.08. The summed E-state index contributed by atoms with van der Waals surface area (Å²) in [6, 6.07) is 4.39. The minimum atomic E-state index is -0.567. The summed E-state index contributed by atoms with van der Waals surface area (Å²) in [5, 5.41) is 13.7. The average Bonchev–Trinajstić information content (AvgIpc) is 2.33. The maximum Gasteiger partial charge on any atom is 0.407 e. The van der Waals surface area contributed by atoms with Gasteiger partial charge in [-0.25, -0.2) is 4.79 Å². The van der Waals surface area contributed by atoms with Crippen molar-refractivity contribution in [1.29, 1.82) is 0 Å². The predicted molar refractivity (Wildman–Crippen MR) is 81.4 cm³/mol. The maximum absolute atomic E-state index is 11.4. The van der Waals surface area contributed by atoms with Crippen molar-refractivity contribution in [3.05, 3.63) is 45.0 Å². The number of nitrogens with zero attached hydrogens (tertiary/aromatic N) is 1. The molecule has 0 saturated carbocycles. The third-order valence-electron chi connectivity index (χ3n) is 2.25. The second-order valence-electron chi connectivity index (χ2n) is 5.25. The quantitative estimate of drug-likeness (QED) is 0.677. The first-order valence-electron chi connectivity index (χ1n) is 6.26. The van der Waals surface area contributed by atoms with Crippen LogP contribution in [0.4, 0.5) is 10.5 Å². The molecule has 1 amide bonds. The zero-order valence-corrected chi connectivity index (χ0v) is 12.8. The van der Waals surface area contributed by atoms with Crippen LogP contribution in [0, 0.1) is 10.1 Å². The molecule has 6 nitrogen and oxygen atoms in total. The molecule has 0 fully saturated rings. The monoisotopic (exact) mass is 312 g/mol. The molecule has 1 N–H and O–H groups in total. The number of alkyl carbamates (subject to hydrolysis) is 1. The first-order valence-corrected chi connectivity index (χ1v) is 6.64. The molecule has 0 atom stereocenters. The number of rotatable bonds is 4. The van der Waals surface area contributed by atoms with Gasteiger partial charge < -0.3 is 10.1 Å². The SMILES string of the molecule is CC(C)(C)OC(=O)NCC=Cc1ccc(Cl)cc1[N+](=O)[O-]. The fourth-order valence-corrected chi connectivity index (χ4v) is 1.62. The molecule has 0 radical (unpaired) electrons. The Morgan fingerprint density at radius 3 is 2.71 bits per heavy atom. The molecule has 0 unspecified atom stereocenters. The minimum absolute atomic E-state index is 0.0870. The summed E-state index contributed by atoms with van der Waals surface area (Å²) < 4.78 is 5.06. The Bertz CT molecular complexity index is 565. The van der Waals surface area contributed by atoms with Crippen LogP contribution in [0.3, 0.4) is 0 Å². The van der Waals surface area contributed by atoms with E-state index in [0.717, 1.165) is 0 Å². The Balaban J connectivity index is 2.62. The van der Waals surface area contributed by atoms with Crippen molar-refractivity contribution in [3.63, 3.8) is 0 Å². The highest BCUT2D eigenvalue weighted by Gasteiger charge is 2.15. The fourth-order valence-electron chi connectivity index (χ4n) is 1.46. The Kier molecular flexibility index (Phi) is 5.72. The van der Waals surface area contributed by atoms with Gasteiger partial charge in [-0.05, 0) is 32.9 Å². The lowest BCUT2D eigenvalue weighted by Gasteiger charge is -2.19. The second kappa shape index (κ2) is 7.08. The van der Waals surface area contributed by atoms with Crippen molar-refractivity contribution < 1.29 is 14.5 Å². The van der Waals surface area contributed by atoms with E-state index in [1.165, 1.54) is 6.07 Å². The number of carbonyl (C=O) groups excluding carboxylic acids is 1. The third kappa shape index (κ3) is 6.27. The molecule has 21 heavy (non-hydrogen) atoms. The van der Waals surface area contributed by atoms with Crippen LogP contribution in [0.2, 0.25) is 5.02 Å². The molecule has 0 aliphatic carbocycles. The number of hydrogen-bond donors (Lipinski definition) is 1. The van der Waals surface area contributed by atoms with Gasteiger partial charge in [0.1, 0.15) is 5.60 Å². The van der Waals surface area contributed by atoms with Crippen LogP contribution in [0.15, 0.2) is 24.3 Å². The number of hydrogen-bond acceptors (Lipinski definition) is 4. The summed E-state index contributed by atoms with van der Waals surface area (Å²) in [7, 11) is 0. The highest BCUT2D eigenvalue weighted by Crippen LogP contribution is 2.24. The lowest BCUT2D eigenvalue weighted by molar-refractivity contribution is -0.385. The van der Waals surface area contributed by atoms with Crippen molar-refractivity contribution in [1.82, 2.24) is 5.32 Å². The van der Waals surface area contributed by atoms with Gasteiger partial charge in [0.15, 0.2) is 0 Å². The second-order valence-corrected chi connectivity index (χ2v) is 5.68. The first kappa shape index (κ1) is 17.0. The van der Waals surface area contributed by atoms with Crippen LogP contribution < -0.4 is 5.32 Å². The molecular weight excluding hydrogens is 296 g/mol. The van der Waals surface area contributed by atoms with Gasteiger partial charge in [0, 0.05) is 17.6 Å². The van der Waals surface area contributed by atoms with Gasteiger partial charge >= 0.3 is 6.09 Å². The van der Waals surface area contributed by atoms with E-state index >= 15 is 0 Å². The molecule has 0 heterocycles. The highest BCUT2D eigenvalue weighted by molar-refractivity contribution is 6.30.